The number of halogens is 1. The second-order valence-corrected chi connectivity index (χ2v) is 5.94. The van der Waals surface area contributed by atoms with Crippen molar-refractivity contribution in [2.45, 2.75) is 19.4 Å². The van der Waals surface area contributed by atoms with Crippen LogP contribution in [0, 0.1) is 0 Å². The van der Waals surface area contributed by atoms with E-state index in [2.05, 4.69) is 4.72 Å². The number of para-hydroxylation sites is 1. The first kappa shape index (κ1) is 14.3. The van der Waals surface area contributed by atoms with Gasteiger partial charge in [-0.3, -0.25) is 0 Å². The molecule has 0 spiro atoms. The second-order valence-electron chi connectivity index (χ2n) is 3.70. The number of hydrogen-bond acceptors (Lipinski definition) is 3. The molecule has 17 heavy (non-hydrogen) atoms. The van der Waals surface area contributed by atoms with Crippen LogP contribution in [-0.4, -0.2) is 27.3 Å². The van der Waals surface area contributed by atoms with Gasteiger partial charge in [0.15, 0.2) is 0 Å². The molecular formula is C11H16ClNO3S. The van der Waals surface area contributed by atoms with Gasteiger partial charge in [0.25, 0.3) is 0 Å². The number of sulfonamides is 1. The predicted molar refractivity (Wildman–Crippen MR) is 69.0 cm³/mol. The fourth-order valence-corrected chi connectivity index (χ4v) is 1.90. The Bertz CT molecular complexity index is 462. The van der Waals surface area contributed by atoms with Gasteiger partial charge < -0.3 is 4.74 Å². The molecule has 0 aliphatic rings. The first-order valence-electron chi connectivity index (χ1n) is 5.28. The molecule has 1 N–H and O–H groups in total. The van der Waals surface area contributed by atoms with E-state index in [1.807, 2.05) is 19.1 Å². The largest absolute Gasteiger partial charge is 0.488 e. The van der Waals surface area contributed by atoms with Gasteiger partial charge in [-0.2, -0.15) is 0 Å². The third-order valence-electron chi connectivity index (χ3n) is 2.16. The van der Waals surface area contributed by atoms with E-state index in [9.17, 15) is 8.42 Å². The van der Waals surface area contributed by atoms with Crippen LogP contribution in [0.15, 0.2) is 24.3 Å². The molecule has 1 aromatic carbocycles. The van der Waals surface area contributed by atoms with E-state index in [4.69, 9.17) is 16.3 Å². The van der Waals surface area contributed by atoms with Crippen molar-refractivity contribution in [3.63, 3.8) is 0 Å². The summed E-state index contributed by atoms with van der Waals surface area (Å²) in [5.41, 5.74) is 0. The van der Waals surface area contributed by atoms with Crippen molar-refractivity contribution in [3.05, 3.63) is 29.3 Å². The Kier molecular flexibility index (Phi) is 5.24. The lowest BCUT2D eigenvalue weighted by Gasteiger charge is -2.18. The molecule has 0 amide bonds. The zero-order chi connectivity index (χ0) is 12.9. The molecule has 0 saturated carbocycles. The minimum atomic E-state index is -3.19. The maximum Gasteiger partial charge on any atom is 0.208 e. The number of nitrogens with one attached hydrogen (secondary N) is 1. The fraction of sp³-hybridized carbons (Fsp3) is 0.455. The monoisotopic (exact) mass is 277 g/mol. The molecule has 1 aromatic rings. The molecule has 1 atom stereocenters. The van der Waals surface area contributed by atoms with E-state index >= 15 is 0 Å². The average Bonchev–Trinajstić information content (AvgIpc) is 2.25. The van der Waals surface area contributed by atoms with Crippen LogP contribution >= 0.6 is 11.6 Å². The van der Waals surface area contributed by atoms with E-state index < -0.39 is 10.0 Å². The molecule has 4 nitrogen and oxygen atoms in total. The molecule has 0 aromatic heterocycles. The lowest BCUT2D eigenvalue weighted by atomic mass is 10.2. The van der Waals surface area contributed by atoms with Crippen LogP contribution in [0.1, 0.15) is 13.3 Å². The first-order valence-corrected chi connectivity index (χ1v) is 7.55. The van der Waals surface area contributed by atoms with Crippen LogP contribution in [0.4, 0.5) is 0 Å². The summed E-state index contributed by atoms with van der Waals surface area (Å²) in [7, 11) is -3.19. The van der Waals surface area contributed by atoms with Gasteiger partial charge in [0.1, 0.15) is 11.9 Å². The highest BCUT2D eigenvalue weighted by molar-refractivity contribution is 7.88. The van der Waals surface area contributed by atoms with Gasteiger partial charge in [-0.1, -0.05) is 30.7 Å². The van der Waals surface area contributed by atoms with E-state index in [1.165, 1.54) is 0 Å². The fourth-order valence-electron chi connectivity index (χ4n) is 1.23. The first-order chi connectivity index (χ1) is 7.92. The summed E-state index contributed by atoms with van der Waals surface area (Å²) in [6.45, 7) is 2.16. The Labute approximate surface area is 107 Å². The van der Waals surface area contributed by atoms with Gasteiger partial charge in [0.2, 0.25) is 10.0 Å². The van der Waals surface area contributed by atoms with E-state index in [-0.39, 0.29) is 12.6 Å². The Morgan fingerprint density at radius 1 is 1.41 bits per heavy atom. The third-order valence-corrected chi connectivity index (χ3v) is 3.16. The Morgan fingerprint density at radius 3 is 2.59 bits per heavy atom. The Balaban J connectivity index is 2.61. The van der Waals surface area contributed by atoms with Gasteiger partial charge in [-0.25, -0.2) is 13.1 Å². The van der Waals surface area contributed by atoms with Gasteiger partial charge in [-0.15, -0.1) is 0 Å². The Morgan fingerprint density at radius 2 is 2.06 bits per heavy atom. The molecule has 0 saturated heterocycles. The quantitative estimate of drug-likeness (QED) is 0.866. The maximum atomic E-state index is 11.0. The molecule has 0 fully saturated rings. The third kappa shape index (κ3) is 5.39. The average molecular weight is 278 g/mol. The standard InChI is InChI=1S/C11H16ClNO3S/c1-3-9(8-13-17(2,14)15)16-11-7-5-4-6-10(11)12/h4-7,9,13H,3,8H2,1-2H3/t9-/m0/s1. The zero-order valence-electron chi connectivity index (χ0n) is 9.81. The van der Waals surface area contributed by atoms with Crippen molar-refractivity contribution in [2.24, 2.45) is 0 Å². The highest BCUT2D eigenvalue weighted by Gasteiger charge is 2.12. The van der Waals surface area contributed by atoms with Crippen molar-refractivity contribution in [1.29, 1.82) is 0 Å². The summed E-state index contributed by atoms with van der Waals surface area (Å²) in [5.74, 6) is 0.566. The lowest BCUT2D eigenvalue weighted by Crippen LogP contribution is -2.34. The van der Waals surface area contributed by atoms with Crippen molar-refractivity contribution in [2.75, 3.05) is 12.8 Å². The molecule has 6 heteroatoms. The van der Waals surface area contributed by atoms with Gasteiger partial charge in [0.05, 0.1) is 11.3 Å². The molecule has 0 heterocycles. The van der Waals surface area contributed by atoms with Crippen LogP contribution in [0.3, 0.4) is 0 Å². The minimum absolute atomic E-state index is 0.232. The lowest BCUT2D eigenvalue weighted by molar-refractivity contribution is 0.201. The summed E-state index contributed by atoms with van der Waals surface area (Å²) < 4.78 is 30.0. The van der Waals surface area contributed by atoms with Crippen molar-refractivity contribution < 1.29 is 13.2 Å². The summed E-state index contributed by atoms with van der Waals surface area (Å²) in [5, 5.41) is 0.519. The smallest absolute Gasteiger partial charge is 0.208 e. The number of rotatable bonds is 6. The SMILES string of the molecule is CC[C@@H](CNS(C)(=O)=O)Oc1ccccc1Cl. The van der Waals surface area contributed by atoms with Crippen LogP contribution in [0.5, 0.6) is 5.75 Å². The molecule has 0 unspecified atom stereocenters. The molecule has 96 valence electrons. The number of ether oxygens (including phenoxy) is 1. The van der Waals surface area contributed by atoms with E-state index in [0.717, 1.165) is 6.26 Å². The summed E-state index contributed by atoms with van der Waals surface area (Å²) >= 11 is 5.95. The zero-order valence-corrected chi connectivity index (χ0v) is 11.4. The molecule has 0 bridgehead atoms. The molecule has 1 rings (SSSR count). The second kappa shape index (κ2) is 6.23. The predicted octanol–water partition coefficient (Wildman–Crippen LogP) is 2.05. The summed E-state index contributed by atoms with van der Waals surface area (Å²) in [6, 6.07) is 7.11. The highest BCUT2D eigenvalue weighted by Crippen LogP contribution is 2.24. The van der Waals surface area contributed by atoms with Crippen LogP contribution < -0.4 is 9.46 Å². The van der Waals surface area contributed by atoms with E-state index in [1.54, 1.807) is 12.1 Å². The van der Waals surface area contributed by atoms with E-state index in [0.29, 0.717) is 17.2 Å². The molecule has 0 radical (unpaired) electrons. The van der Waals surface area contributed by atoms with Crippen molar-refractivity contribution >= 4 is 21.6 Å². The topological polar surface area (TPSA) is 55.4 Å². The Hall–Kier alpha value is -0.780. The van der Waals surface area contributed by atoms with Crippen molar-refractivity contribution in [3.8, 4) is 5.75 Å². The van der Waals surface area contributed by atoms with Crippen LogP contribution in [0.2, 0.25) is 5.02 Å². The van der Waals surface area contributed by atoms with Gasteiger partial charge in [0, 0.05) is 6.54 Å². The van der Waals surface area contributed by atoms with Crippen LogP contribution in [0.25, 0.3) is 0 Å². The minimum Gasteiger partial charge on any atom is -0.488 e. The van der Waals surface area contributed by atoms with Crippen molar-refractivity contribution in [1.82, 2.24) is 4.72 Å². The van der Waals surface area contributed by atoms with Crippen LogP contribution in [-0.2, 0) is 10.0 Å². The molecule has 0 aliphatic carbocycles. The highest BCUT2D eigenvalue weighted by atomic mass is 35.5. The molecule has 0 aliphatic heterocycles. The number of hydrogen-bond donors (Lipinski definition) is 1. The number of benzene rings is 1. The summed E-state index contributed by atoms with van der Waals surface area (Å²) in [4.78, 5) is 0. The molecular weight excluding hydrogens is 262 g/mol. The van der Waals surface area contributed by atoms with Gasteiger partial charge >= 0.3 is 0 Å². The summed E-state index contributed by atoms with van der Waals surface area (Å²) in [6.07, 6.45) is 1.58. The van der Waals surface area contributed by atoms with Gasteiger partial charge in [-0.05, 0) is 18.6 Å². The maximum absolute atomic E-state index is 11.0. The normalized spacial score (nSPS) is 13.4.